The maximum absolute atomic E-state index is 12.0. The molecule has 5 nitrogen and oxygen atoms in total. The summed E-state index contributed by atoms with van der Waals surface area (Å²) in [4.78, 5) is 25.9. The highest BCUT2D eigenvalue weighted by Crippen LogP contribution is 2.15. The largest absolute Gasteiger partial charge is 0.293 e. The zero-order valence-corrected chi connectivity index (χ0v) is 16.0. The van der Waals surface area contributed by atoms with Crippen LogP contribution < -0.4 is 10.9 Å². The standard InChI is InChI=1S/C19H22BrN3O2/c1-3-14-8-10-15(11-9-14)12-23(2)13-18(24)21-22-19(25)16-6-4-5-7-17(16)20/h4-11H,3,12-13H2,1-2H3,(H,21,24)(H,22,25). The van der Waals surface area contributed by atoms with Gasteiger partial charge in [0.05, 0.1) is 12.1 Å². The molecule has 0 heterocycles. The maximum atomic E-state index is 12.0. The van der Waals surface area contributed by atoms with Crippen LogP contribution >= 0.6 is 15.9 Å². The average Bonchev–Trinajstić information content (AvgIpc) is 2.60. The number of carbonyl (C=O) groups excluding carboxylic acids is 2. The maximum Gasteiger partial charge on any atom is 0.270 e. The van der Waals surface area contributed by atoms with Gasteiger partial charge < -0.3 is 0 Å². The summed E-state index contributed by atoms with van der Waals surface area (Å²) < 4.78 is 0.675. The molecule has 2 amide bonds. The fourth-order valence-electron chi connectivity index (χ4n) is 2.37. The van der Waals surface area contributed by atoms with Crippen molar-refractivity contribution in [1.29, 1.82) is 0 Å². The van der Waals surface area contributed by atoms with Gasteiger partial charge in [0.1, 0.15) is 0 Å². The van der Waals surface area contributed by atoms with Crippen molar-refractivity contribution in [3.63, 3.8) is 0 Å². The van der Waals surface area contributed by atoms with Gasteiger partial charge in [0.2, 0.25) is 0 Å². The Morgan fingerprint density at radius 1 is 1.00 bits per heavy atom. The molecule has 0 radical (unpaired) electrons. The van der Waals surface area contributed by atoms with Crippen LogP contribution in [0.15, 0.2) is 53.0 Å². The number of hydrazine groups is 1. The molecule has 25 heavy (non-hydrogen) atoms. The van der Waals surface area contributed by atoms with Gasteiger partial charge in [0, 0.05) is 11.0 Å². The smallest absolute Gasteiger partial charge is 0.270 e. The van der Waals surface area contributed by atoms with Gasteiger partial charge in [-0.25, -0.2) is 0 Å². The monoisotopic (exact) mass is 403 g/mol. The third-order valence-corrected chi connectivity index (χ3v) is 4.42. The molecular weight excluding hydrogens is 382 g/mol. The number of nitrogens with one attached hydrogen (secondary N) is 2. The van der Waals surface area contributed by atoms with Crippen molar-refractivity contribution < 1.29 is 9.59 Å². The van der Waals surface area contributed by atoms with E-state index in [0.717, 1.165) is 12.0 Å². The highest BCUT2D eigenvalue weighted by molar-refractivity contribution is 9.10. The lowest BCUT2D eigenvalue weighted by atomic mass is 10.1. The molecule has 0 aliphatic heterocycles. The fourth-order valence-corrected chi connectivity index (χ4v) is 2.84. The number of hydrogen-bond acceptors (Lipinski definition) is 3. The summed E-state index contributed by atoms with van der Waals surface area (Å²) in [7, 11) is 1.86. The van der Waals surface area contributed by atoms with E-state index in [1.165, 1.54) is 5.56 Å². The summed E-state index contributed by atoms with van der Waals surface area (Å²) in [5.41, 5.74) is 7.77. The Morgan fingerprint density at radius 2 is 1.64 bits per heavy atom. The van der Waals surface area contributed by atoms with E-state index in [1.54, 1.807) is 18.2 Å². The normalized spacial score (nSPS) is 10.6. The zero-order chi connectivity index (χ0) is 18.2. The van der Waals surface area contributed by atoms with E-state index in [0.29, 0.717) is 16.6 Å². The Bertz CT molecular complexity index is 732. The van der Waals surface area contributed by atoms with Crippen molar-refractivity contribution in [2.45, 2.75) is 19.9 Å². The van der Waals surface area contributed by atoms with Gasteiger partial charge in [0.25, 0.3) is 11.8 Å². The number of aryl methyl sites for hydroxylation is 1. The van der Waals surface area contributed by atoms with Crippen molar-refractivity contribution in [2.75, 3.05) is 13.6 Å². The molecule has 0 aliphatic rings. The second kappa shape index (κ2) is 9.34. The van der Waals surface area contributed by atoms with Crippen LogP contribution in [-0.4, -0.2) is 30.3 Å². The van der Waals surface area contributed by atoms with Gasteiger partial charge in [-0.05, 0) is 52.7 Å². The van der Waals surface area contributed by atoms with E-state index in [9.17, 15) is 9.59 Å². The first-order chi connectivity index (χ1) is 12.0. The van der Waals surface area contributed by atoms with E-state index in [1.807, 2.05) is 18.0 Å². The SMILES string of the molecule is CCc1ccc(CN(C)CC(=O)NNC(=O)c2ccccc2Br)cc1. The molecule has 6 heteroatoms. The van der Waals surface area contributed by atoms with Gasteiger partial charge in [-0.15, -0.1) is 0 Å². The van der Waals surface area contributed by atoms with Crippen molar-refractivity contribution in [3.8, 4) is 0 Å². The molecule has 0 saturated carbocycles. The second-order valence-electron chi connectivity index (χ2n) is 5.82. The lowest BCUT2D eigenvalue weighted by Gasteiger charge is -2.17. The van der Waals surface area contributed by atoms with Gasteiger partial charge in [0.15, 0.2) is 0 Å². The summed E-state index contributed by atoms with van der Waals surface area (Å²) in [6.07, 6.45) is 1.01. The second-order valence-corrected chi connectivity index (χ2v) is 6.68. The topological polar surface area (TPSA) is 61.4 Å². The minimum atomic E-state index is -0.362. The van der Waals surface area contributed by atoms with E-state index < -0.39 is 0 Å². The molecule has 2 aromatic rings. The third kappa shape index (κ3) is 5.99. The number of benzene rings is 2. The third-order valence-electron chi connectivity index (χ3n) is 3.73. The van der Waals surface area contributed by atoms with Crippen LogP contribution in [0.3, 0.4) is 0 Å². The molecule has 0 spiro atoms. The first kappa shape index (κ1) is 19.1. The van der Waals surface area contributed by atoms with Crippen LogP contribution in [-0.2, 0) is 17.8 Å². The molecular formula is C19H22BrN3O2. The molecule has 0 aromatic heterocycles. The van der Waals surface area contributed by atoms with Crippen LogP contribution in [0.1, 0.15) is 28.4 Å². The first-order valence-corrected chi connectivity index (χ1v) is 8.89. The Balaban J connectivity index is 1.79. The molecule has 2 aromatic carbocycles. The minimum Gasteiger partial charge on any atom is -0.293 e. The van der Waals surface area contributed by atoms with E-state index in [2.05, 4.69) is 58.0 Å². The summed E-state index contributed by atoms with van der Waals surface area (Å²) in [6.45, 7) is 2.97. The van der Waals surface area contributed by atoms with Crippen LogP contribution in [0.5, 0.6) is 0 Å². The molecule has 0 saturated heterocycles. The van der Waals surface area contributed by atoms with E-state index in [4.69, 9.17) is 0 Å². The molecule has 0 bridgehead atoms. The van der Waals surface area contributed by atoms with Crippen LogP contribution in [0.2, 0.25) is 0 Å². The van der Waals surface area contributed by atoms with Gasteiger partial charge >= 0.3 is 0 Å². The van der Waals surface area contributed by atoms with Gasteiger partial charge in [-0.2, -0.15) is 0 Å². The highest BCUT2D eigenvalue weighted by Gasteiger charge is 2.11. The number of carbonyl (C=O) groups is 2. The molecule has 0 fully saturated rings. The predicted octanol–water partition coefficient (Wildman–Crippen LogP) is 2.90. The summed E-state index contributed by atoms with van der Waals surface area (Å²) >= 11 is 3.31. The highest BCUT2D eigenvalue weighted by atomic mass is 79.9. The first-order valence-electron chi connectivity index (χ1n) is 8.09. The summed E-state index contributed by atoms with van der Waals surface area (Å²) in [5, 5.41) is 0. The van der Waals surface area contributed by atoms with E-state index >= 15 is 0 Å². The Labute approximate surface area is 156 Å². The quantitative estimate of drug-likeness (QED) is 0.728. The van der Waals surface area contributed by atoms with Gasteiger partial charge in [-0.3, -0.25) is 25.3 Å². The number of rotatable bonds is 6. The molecule has 132 valence electrons. The lowest BCUT2D eigenvalue weighted by molar-refractivity contribution is -0.122. The number of amides is 2. The molecule has 0 aliphatic carbocycles. The van der Waals surface area contributed by atoms with E-state index in [-0.39, 0.29) is 18.4 Å². The minimum absolute atomic E-state index is 0.186. The molecule has 2 N–H and O–H groups in total. The number of hydrogen-bond donors (Lipinski definition) is 2. The van der Waals surface area contributed by atoms with Gasteiger partial charge in [-0.1, -0.05) is 43.3 Å². The van der Waals surface area contributed by atoms with Crippen molar-refractivity contribution in [2.24, 2.45) is 0 Å². The van der Waals surface area contributed by atoms with Crippen LogP contribution in [0.25, 0.3) is 0 Å². The lowest BCUT2D eigenvalue weighted by Crippen LogP contribution is -2.45. The Morgan fingerprint density at radius 3 is 2.28 bits per heavy atom. The Kier molecular flexibility index (Phi) is 7.16. The van der Waals surface area contributed by atoms with Crippen LogP contribution in [0, 0.1) is 0 Å². The van der Waals surface area contributed by atoms with Crippen molar-refractivity contribution in [3.05, 3.63) is 69.7 Å². The van der Waals surface area contributed by atoms with Crippen LogP contribution in [0.4, 0.5) is 0 Å². The summed E-state index contributed by atoms with van der Waals surface area (Å²) in [6, 6.07) is 15.4. The number of likely N-dealkylation sites (N-methyl/N-ethyl adjacent to an activating group) is 1. The molecule has 2 rings (SSSR count). The number of halogens is 1. The molecule has 0 unspecified atom stereocenters. The van der Waals surface area contributed by atoms with Crippen molar-refractivity contribution in [1.82, 2.24) is 15.8 Å². The fraction of sp³-hybridized carbons (Fsp3) is 0.263. The predicted molar refractivity (Wildman–Crippen MR) is 102 cm³/mol. The zero-order valence-electron chi connectivity index (χ0n) is 14.4. The van der Waals surface area contributed by atoms with Crippen molar-refractivity contribution >= 4 is 27.7 Å². The Hall–Kier alpha value is -2.18. The summed E-state index contributed by atoms with van der Waals surface area (Å²) in [5.74, 6) is -0.633. The number of nitrogens with zero attached hydrogens (tertiary/aromatic N) is 1. The molecule has 0 atom stereocenters. The average molecular weight is 404 g/mol.